The van der Waals surface area contributed by atoms with Crippen LogP contribution in [-0.2, 0) is 0 Å². The number of hydrogen-bond donors (Lipinski definition) is 1. The molecule has 2 aromatic heterocycles. The lowest BCUT2D eigenvalue weighted by atomic mass is 10.4. The molecule has 0 spiro atoms. The highest BCUT2D eigenvalue weighted by atomic mass is 32.1. The van der Waals surface area contributed by atoms with Gasteiger partial charge >= 0.3 is 5.97 Å². The van der Waals surface area contributed by atoms with Gasteiger partial charge in [0.25, 0.3) is 0 Å². The lowest BCUT2D eigenvalue weighted by Gasteiger charge is -1.84. The first-order valence-electron chi connectivity index (χ1n) is 4.21. The fourth-order valence-corrected chi connectivity index (χ4v) is 1.86. The van der Waals surface area contributed by atoms with Crippen LogP contribution in [0, 0.1) is 13.8 Å². The fraction of sp³-hybridized carbons (Fsp3) is 0.222. The van der Waals surface area contributed by atoms with E-state index in [1.165, 1.54) is 11.3 Å². The molecular formula is C9H8N2O3S. The van der Waals surface area contributed by atoms with Crippen molar-refractivity contribution in [3.63, 3.8) is 0 Å². The number of thiazole rings is 1. The van der Waals surface area contributed by atoms with Crippen molar-refractivity contribution in [2.24, 2.45) is 0 Å². The second kappa shape index (κ2) is 3.47. The summed E-state index contributed by atoms with van der Waals surface area (Å²) >= 11 is 1.41. The number of hydrogen-bond acceptors (Lipinski definition) is 5. The van der Waals surface area contributed by atoms with E-state index in [0.29, 0.717) is 11.7 Å². The Morgan fingerprint density at radius 3 is 2.73 bits per heavy atom. The summed E-state index contributed by atoms with van der Waals surface area (Å²) in [6.45, 7) is 3.44. The molecule has 2 rings (SSSR count). The summed E-state index contributed by atoms with van der Waals surface area (Å²) in [7, 11) is 0. The van der Waals surface area contributed by atoms with Gasteiger partial charge in [-0.05, 0) is 13.8 Å². The Morgan fingerprint density at radius 1 is 1.53 bits per heavy atom. The largest absolute Gasteiger partial charge is 0.476 e. The van der Waals surface area contributed by atoms with Gasteiger partial charge in [0.05, 0.1) is 11.2 Å². The van der Waals surface area contributed by atoms with E-state index >= 15 is 0 Å². The van der Waals surface area contributed by atoms with Gasteiger partial charge < -0.3 is 9.52 Å². The molecule has 1 N–H and O–H groups in total. The molecule has 0 bridgehead atoms. The van der Waals surface area contributed by atoms with Crippen molar-refractivity contribution < 1.29 is 14.3 Å². The number of oxazole rings is 1. The normalized spacial score (nSPS) is 10.5. The van der Waals surface area contributed by atoms with Crippen LogP contribution in [0.3, 0.4) is 0 Å². The van der Waals surface area contributed by atoms with Gasteiger partial charge in [-0.2, -0.15) is 0 Å². The molecule has 0 atom stereocenters. The minimum Gasteiger partial charge on any atom is -0.476 e. The Balaban J connectivity index is 2.46. The molecule has 5 nitrogen and oxygen atoms in total. The van der Waals surface area contributed by atoms with Crippen molar-refractivity contribution in [3.05, 3.63) is 22.7 Å². The molecular weight excluding hydrogens is 216 g/mol. The Bertz CT molecular complexity index is 515. The molecule has 0 aromatic carbocycles. The fourth-order valence-electron chi connectivity index (χ4n) is 1.16. The van der Waals surface area contributed by atoms with Crippen LogP contribution in [0.2, 0.25) is 0 Å². The van der Waals surface area contributed by atoms with Crippen molar-refractivity contribution >= 4 is 17.3 Å². The van der Waals surface area contributed by atoms with Crippen LogP contribution in [0.5, 0.6) is 0 Å². The third-order valence-electron chi connectivity index (χ3n) is 1.83. The molecule has 0 unspecified atom stereocenters. The number of aromatic carboxylic acids is 1. The lowest BCUT2D eigenvalue weighted by molar-refractivity contribution is 0.0689. The highest BCUT2D eigenvalue weighted by Gasteiger charge is 2.17. The predicted octanol–water partition coefficient (Wildman–Crippen LogP) is 2.11. The molecule has 0 saturated heterocycles. The summed E-state index contributed by atoms with van der Waals surface area (Å²) in [5.74, 6) is -0.456. The number of aryl methyl sites for hydroxylation is 2. The zero-order valence-electron chi connectivity index (χ0n) is 8.14. The molecule has 6 heteroatoms. The molecule has 2 aromatic rings. The first-order chi connectivity index (χ1) is 7.08. The third-order valence-corrected chi connectivity index (χ3v) is 2.73. The van der Waals surface area contributed by atoms with Crippen molar-refractivity contribution in [1.29, 1.82) is 0 Å². The molecule has 78 valence electrons. The van der Waals surface area contributed by atoms with E-state index in [0.717, 1.165) is 9.88 Å². The van der Waals surface area contributed by atoms with Crippen LogP contribution in [0.4, 0.5) is 0 Å². The van der Waals surface area contributed by atoms with Crippen LogP contribution in [0.25, 0.3) is 10.8 Å². The zero-order chi connectivity index (χ0) is 11.0. The van der Waals surface area contributed by atoms with Gasteiger partial charge in [-0.25, -0.2) is 14.8 Å². The minimum atomic E-state index is -1.08. The second-order valence-electron chi connectivity index (χ2n) is 2.97. The predicted molar refractivity (Wildman–Crippen MR) is 54.0 cm³/mol. The van der Waals surface area contributed by atoms with Gasteiger partial charge in [-0.3, -0.25) is 0 Å². The van der Waals surface area contributed by atoms with E-state index in [-0.39, 0.29) is 5.69 Å². The molecule has 0 radical (unpaired) electrons. The van der Waals surface area contributed by atoms with Gasteiger partial charge in [-0.1, -0.05) is 0 Å². The lowest BCUT2D eigenvalue weighted by Crippen LogP contribution is -1.98. The SMILES string of the molecule is Cc1ncc(-c2nc(C(=O)O)c(C)o2)s1. The number of carboxylic acid groups (broad SMARTS) is 1. The summed E-state index contributed by atoms with van der Waals surface area (Å²) in [6.07, 6.45) is 1.62. The Kier molecular flexibility index (Phi) is 2.28. The van der Waals surface area contributed by atoms with Crippen LogP contribution < -0.4 is 0 Å². The zero-order valence-corrected chi connectivity index (χ0v) is 8.96. The topological polar surface area (TPSA) is 76.2 Å². The van der Waals surface area contributed by atoms with E-state index in [4.69, 9.17) is 9.52 Å². The van der Waals surface area contributed by atoms with Gasteiger partial charge in [0.1, 0.15) is 10.6 Å². The maximum atomic E-state index is 10.7. The molecule has 15 heavy (non-hydrogen) atoms. The second-order valence-corrected chi connectivity index (χ2v) is 4.21. The quantitative estimate of drug-likeness (QED) is 0.845. The monoisotopic (exact) mass is 224 g/mol. The molecule has 0 aliphatic carbocycles. The van der Waals surface area contributed by atoms with E-state index < -0.39 is 5.97 Å². The summed E-state index contributed by atoms with van der Waals surface area (Å²) < 4.78 is 5.25. The van der Waals surface area contributed by atoms with Crippen molar-refractivity contribution in [1.82, 2.24) is 9.97 Å². The Morgan fingerprint density at radius 2 is 2.27 bits per heavy atom. The van der Waals surface area contributed by atoms with Crippen LogP contribution >= 0.6 is 11.3 Å². The summed E-state index contributed by atoms with van der Waals surface area (Å²) in [6, 6.07) is 0. The minimum absolute atomic E-state index is 0.0453. The average Bonchev–Trinajstić information content (AvgIpc) is 2.71. The molecule has 0 aliphatic heterocycles. The highest BCUT2D eigenvalue weighted by molar-refractivity contribution is 7.14. The van der Waals surface area contributed by atoms with Gasteiger partial charge in [-0.15, -0.1) is 11.3 Å². The van der Waals surface area contributed by atoms with Gasteiger partial charge in [0.2, 0.25) is 5.89 Å². The number of rotatable bonds is 2. The summed E-state index contributed by atoms with van der Waals surface area (Å²) in [4.78, 5) is 19.4. The highest BCUT2D eigenvalue weighted by Crippen LogP contribution is 2.26. The van der Waals surface area contributed by atoms with Crippen LogP contribution in [0.15, 0.2) is 10.6 Å². The maximum absolute atomic E-state index is 10.7. The van der Waals surface area contributed by atoms with Crippen molar-refractivity contribution in [3.8, 4) is 10.8 Å². The first kappa shape index (κ1) is 9.85. The Hall–Kier alpha value is -1.69. The summed E-state index contributed by atoms with van der Waals surface area (Å²) in [5.41, 5.74) is -0.0453. The molecule has 0 saturated carbocycles. The molecule has 0 amide bonds. The number of aromatic nitrogens is 2. The smallest absolute Gasteiger partial charge is 0.358 e. The molecule has 2 heterocycles. The van der Waals surface area contributed by atoms with Crippen LogP contribution in [-0.4, -0.2) is 21.0 Å². The third kappa shape index (κ3) is 1.75. The van der Waals surface area contributed by atoms with Crippen molar-refractivity contribution in [2.75, 3.05) is 0 Å². The summed E-state index contributed by atoms with van der Waals surface area (Å²) in [5, 5.41) is 9.68. The standard InChI is InChI=1S/C9H8N2O3S/c1-4-7(9(12)13)11-8(14-4)6-3-10-5(2)15-6/h3H,1-2H3,(H,12,13). The number of nitrogens with zero attached hydrogens (tertiary/aromatic N) is 2. The average molecular weight is 224 g/mol. The van der Waals surface area contributed by atoms with E-state index in [9.17, 15) is 4.79 Å². The maximum Gasteiger partial charge on any atom is 0.358 e. The molecule has 0 fully saturated rings. The van der Waals surface area contributed by atoms with Gasteiger partial charge in [0, 0.05) is 0 Å². The number of carbonyl (C=O) groups is 1. The Labute approximate surface area is 89.4 Å². The van der Waals surface area contributed by atoms with E-state index in [1.807, 2.05) is 6.92 Å². The van der Waals surface area contributed by atoms with E-state index in [2.05, 4.69) is 9.97 Å². The molecule has 0 aliphatic rings. The first-order valence-corrected chi connectivity index (χ1v) is 5.03. The van der Waals surface area contributed by atoms with Gasteiger partial charge in [0.15, 0.2) is 5.69 Å². The van der Waals surface area contributed by atoms with Crippen LogP contribution in [0.1, 0.15) is 21.3 Å². The number of carboxylic acids is 1. The van der Waals surface area contributed by atoms with Crippen molar-refractivity contribution in [2.45, 2.75) is 13.8 Å². The van der Waals surface area contributed by atoms with E-state index in [1.54, 1.807) is 13.1 Å².